The predicted octanol–water partition coefficient (Wildman–Crippen LogP) is 4.85. The van der Waals surface area contributed by atoms with E-state index >= 15 is 0 Å². The van der Waals surface area contributed by atoms with E-state index in [-0.39, 0.29) is 17.6 Å². The van der Waals surface area contributed by atoms with Crippen LogP contribution in [0.3, 0.4) is 0 Å². The Morgan fingerprint density at radius 2 is 1.87 bits per heavy atom. The van der Waals surface area contributed by atoms with E-state index in [0.29, 0.717) is 43.1 Å². The first-order valence-electron chi connectivity index (χ1n) is 13.6. The molecule has 1 aliphatic carbocycles. The van der Waals surface area contributed by atoms with Crippen molar-refractivity contribution in [1.82, 2.24) is 9.88 Å². The number of Topliss-reactive ketones (excluding diaryl/α,β-unsaturated/α-hetero) is 1. The van der Waals surface area contributed by atoms with Crippen LogP contribution in [0.25, 0.3) is 0 Å². The van der Waals surface area contributed by atoms with Crippen LogP contribution in [0.2, 0.25) is 0 Å². The molecule has 1 aromatic heterocycles. The maximum absolute atomic E-state index is 13.3. The number of hydrogen-bond donors (Lipinski definition) is 0. The lowest BCUT2D eigenvalue weighted by molar-refractivity contribution is 0.0723. The number of amides is 1. The van der Waals surface area contributed by atoms with Crippen molar-refractivity contribution < 1.29 is 23.8 Å². The molecule has 1 saturated heterocycles. The van der Waals surface area contributed by atoms with E-state index in [4.69, 9.17) is 14.2 Å². The molecule has 8 heteroatoms. The van der Waals surface area contributed by atoms with Gasteiger partial charge in [-0.15, -0.1) is 0 Å². The Labute approximate surface area is 228 Å². The summed E-state index contributed by atoms with van der Waals surface area (Å²) < 4.78 is 16.8. The first kappa shape index (κ1) is 25.2. The maximum Gasteiger partial charge on any atom is 0.255 e. The van der Waals surface area contributed by atoms with Gasteiger partial charge in [0.25, 0.3) is 5.91 Å². The highest BCUT2D eigenvalue weighted by atomic mass is 16.5. The maximum atomic E-state index is 13.3. The molecule has 8 nitrogen and oxygen atoms in total. The van der Waals surface area contributed by atoms with E-state index in [1.54, 1.807) is 20.4 Å². The summed E-state index contributed by atoms with van der Waals surface area (Å²) in [7, 11) is 3.26. The Bertz CT molecular complexity index is 1420. The molecule has 0 N–H and O–H groups in total. The molecule has 2 aromatic carbocycles. The molecular weight excluding hydrogens is 494 g/mol. The number of aromatic nitrogens is 1. The van der Waals surface area contributed by atoms with Crippen LogP contribution in [0.5, 0.6) is 17.2 Å². The first-order chi connectivity index (χ1) is 19.1. The Balaban J connectivity index is 1.22. The smallest absolute Gasteiger partial charge is 0.255 e. The molecule has 202 valence electrons. The van der Waals surface area contributed by atoms with Gasteiger partial charge in [-0.3, -0.25) is 9.59 Å². The number of ether oxygens (including phenoxy) is 3. The van der Waals surface area contributed by atoms with Crippen LogP contribution in [0, 0.1) is 5.92 Å². The van der Waals surface area contributed by atoms with Crippen molar-refractivity contribution in [3.05, 3.63) is 70.9 Å². The number of methoxy groups -OCH3 is 2. The number of carbonyl (C=O) groups excluding carboxylic acids is 2. The topological polar surface area (TPSA) is 81.2 Å². The van der Waals surface area contributed by atoms with Crippen molar-refractivity contribution in [3.8, 4) is 17.2 Å². The Kier molecular flexibility index (Phi) is 6.85. The molecule has 6 rings (SSSR count). The van der Waals surface area contributed by atoms with Gasteiger partial charge in [-0.2, -0.15) is 0 Å². The second-order valence-corrected chi connectivity index (χ2v) is 10.4. The van der Waals surface area contributed by atoms with Crippen molar-refractivity contribution in [2.24, 2.45) is 5.92 Å². The van der Waals surface area contributed by atoms with E-state index < -0.39 is 0 Å². The lowest BCUT2D eigenvalue weighted by atomic mass is 9.95. The molecule has 0 bridgehead atoms. The lowest BCUT2D eigenvalue weighted by Crippen LogP contribution is -2.36. The van der Waals surface area contributed by atoms with Crippen LogP contribution in [-0.4, -0.2) is 62.0 Å². The fraction of sp³-hybridized carbons (Fsp3) is 0.387. The second kappa shape index (κ2) is 10.6. The van der Waals surface area contributed by atoms with Crippen molar-refractivity contribution in [1.29, 1.82) is 0 Å². The summed E-state index contributed by atoms with van der Waals surface area (Å²) in [6, 6.07) is 13.6. The van der Waals surface area contributed by atoms with Crippen molar-refractivity contribution in [3.63, 3.8) is 0 Å². The summed E-state index contributed by atoms with van der Waals surface area (Å²) in [6.45, 7) is 2.72. The van der Waals surface area contributed by atoms with Crippen LogP contribution in [-0.2, 0) is 12.8 Å². The van der Waals surface area contributed by atoms with E-state index in [2.05, 4.69) is 16.0 Å². The van der Waals surface area contributed by atoms with Crippen LogP contribution < -0.4 is 19.1 Å². The highest BCUT2D eigenvalue weighted by molar-refractivity contribution is 6.03. The molecule has 3 aliphatic rings. The Morgan fingerprint density at radius 1 is 1.03 bits per heavy atom. The van der Waals surface area contributed by atoms with Gasteiger partial charge in [-0.1, -0.05) is 6.07 Å². The second-order valence-electron chi connectivity index (χ2n) is 10.4. The molecule has 1 amide bonds. The number of ketones is 1. The number of piperidine rings is 1. The van der Waals surface area contributed by atoms with E-state index in [1.165, 1.54) is 6.42 Å². The van der Waals surface area contributed by atoms with Crippen molar-refractivity contribution >= 4 is 23.2 Å². The van der Waals surface area contributed by atoms with E-state index in [9.17, 15) is 9.59 Å². The van der Waals surface area contributed by atoms with Gasteiger partial charge in [0.2, 0.25) is 0 Å². The molecule has 1 fully saturated rings. The van der Waals surface area contributed by atoms with Crippen LogP contribution in [0.4, 0.5) is 11.5 Å². The molecule has 2 aliphatic heterocycles. The van der Waals surface area contributed by atoms with E-state index in [1.807, 2.05) is 41.3 Å². The number of benzene rings is 2. The number of carbonyl (C=O) groups is 2. The van der Waals surface area contributed by atoms with Gasteiger partial charge >= 0.3 is 0 Å². The molecule has 0 spiro atoms. The zero-order valence-electron chi connectivity index (χ0n) is 22.4. The summed E-state index contributed by atoms with van der Waals surface area (Å²) in [5.41, 5.74) is 4.34. The third-order valence-corrected chi connectivity index (χ3v) is 8.01. The highest BCUT2D eigenvalue weighted by Gasteiger charge is 2.33. The Morgan fingerprint density at radius 3 is 2.67 bits per heavy atom. The average Bonchev–Trinajstić information content (AvgIpc) is 3.30. The molecule has 3 heterocycles. The quantitative estimate of drug-likeness (QED) is 0.453. The zero-order valence-corrected chi connectivity index (χ0v) is 22.4. The monoisotopic (exact) mass is 527 g/mol. The number of hydrogen-bond acceptors (Lipinski definition) is 7. The minimum atomic E-state index is -0.143. The molecule has 1 atom stereocenters. The molecule has 0 radical (unpaired) electrons. The summed E-state index contributed by atoms with van der Waals surface area (Å²) in [6.07, 6.45) is 6.20. The molecule has 1 unspecified atom stereocenters. The SMILES string of the molecule is COc1ccc(CC2Cc3cc(N4CCOc5cc(C(=O)N6CCCCC6)cnc54)ccc3C2=O)c(OC)c1. The minimum Gasteiger partial charge on any atom is -0.497 e. The lowest BCUT2D eigenvalue weighted by Gasteiger charge is -2.31. The van der Waals surface area contributed by atoms with Gasteiger partial charge < -0.3 is 24.0 Å². The number of likely N-dealkylation sites (tertiary alicyclic amines) is 1. The van der Waals surface area contributed by atoms with Gasteiger partial charge in [0.1, 0.15) is 18.1 Å². The number of rotatable bonds is 6. The fourth-order valence-corrected chi connectivity index (χ4v) is 5.93. The Hall–Kier alpha value is -4.07. The number of anilines is 2. The zero-order chi connectivity index (χ0) is 26.9. The normalized spacial score (nSPS) is 18.3. The number of nitrogens with zero attached hydrogens (tertiary/aromatic N) is 3. The van der Waals surface area contributed by atoms with Crippen LogP contribution in [0.15, 0.2) is 48.7 Å². The van der Waals surface area contributed by atoms with Crippen molar-refractivity contribution in [2.45, 2.75) is 32.1 Å². The summed E-state index contributed by atoms with van der Waals surface area (Å²) in [4.78, 5) is 35.0. The summed E-state index contributed by atoms with van der Waals surface area (Å²) in [5.74, 6) is 2.80. The van der Waals surface area contributed by atoms with Gasteiger partial charge in [0.05, 0.1) is 26.3 Å². The fourth-order valence-electron chi connectivity index (χ4n) is 5.93. The molecule has 0 saturated carbocycles. The van der Waals surface area contributed by atoms with Gasteiger partial charge in [0, 0.05) is 42.5 Å². The van der Waals surface area contributed by atoms with Crippen molar-refractivity contribution in [2.75, 3.05) is 45.4 Å². The largest absolute Gasteiger partial charge is 0.497 e. The number of fused-ring (bicyclic) bond motifs is 2. The minimum absolute atomic E-state index is 0.0151. The third-order valence-electron chi connectivity index (χ3n) is 8.01. The van der Waals surface area contributed by atoms with Crippen LogP contribution in [0.1, 0.15) is 51.1 Å². The van der Waals surface area contributed by atoms with Gasteiger partial charge in [-0.25, -0.2) is 4.98 Å². The van der Waals surface area contributed by atoms with E-state index in [0.717, 1.165) is 59.8 Å². The number of pyridine rings is 1. The summed E-state index contributed by atoms with van der Waals surface area (Å²) in [5, 5.41) is 0. The van der Waals surface area contributed by atoms with Gasteiger partial charge in [-0.05, 0) is 73.6 Å². The molecule has 39 heavy (non-hydrogen) atoms. The van der Waals surface area contributed by atoms with Crippen LogP contribution >= 0.6 is 0 Å². The third kappa shape index (κ3) is 4.80. The molecule has 3 aromatic rings. The standard InChI is InChI=1S/C31H33N3O5/c1-37-25-8-6-20(27(18-25)38-2)14-22-15-21-16-24(7-9-26(21)29(22)35)34-12-13-39-28-17-23(19-32-30(28)34)31(36)33-10-4-3-5-11-33/h6-9,16-19,22H,3-5,10-15H2,1-2H3. The highest BCUT2D eigenvalue weighted by Crippen LogP contribution is 2.39. The predicted molar refractivity (Wildman–Crippen MR) is 148 cm³/mol. The van der Waals surface area contributed by atoms with Gasteiger partial charge in [0.15, 0.2) is 17.4 Å². The summed E-state index contributed by atoms with van der Waals surface area (Å²) >= 11 is 0. The molecular formula is C31H33N3O5. The first-order valence-corrected chi connectivity index (χ1v) is 13.6. The average molecular weight is 528 g/mol.